The number of hydrogen-bond acceptors (Lipinski definition) is 9. The molecule has 0 aliphatic carbocycles. The Hall–Kier alpha value is -4.33. The maximum Gasteiger partial charge on any atom is 0.339 e. The fraction of sp³-hybridized carbons (Fsp3) is 0.265. The average Bonchev–Trinajstić information content (AvgIpc) is 3.30. The van der Waals surface area contributed by atoms with Gasteiger partial charge >= 0.3 is 5.97 Å². The topological polar surface area (TPSA) is 140 Å². The SMILES string of the molecule is CCCCOC(=O)c1cc(NC(=O)CN2C(=O)S/C(=C/c3ccc(OCC(=O)Nc4cc(C)c(C)cc4Br)c(OC)c3)C2=O)ccc1Cl. The number of nitrogens with one attached hydrogen (secondary N) is 2. The fourth-order valence-corrected chi connectivity index (χ4v) is 5.97. The number of rotatable bonds is 13. The fourth-order valence-electron chi connectivity index (χ4n) is 4.38. The van der Waals surface area contributed by atoms with Gasteiger partial charge in [0.15, 0.2) is 18.1 Å². The van der Waals surface area contributed by atoms with E-state index in [9.17, 15) is 24.0 Å². The number of carbonyl (C=O) groups is 5. The number of nitrogens with zero attached hydrogens (tertiary/aromatic N) is 1. The number of carbonyl (C=O) groups excluding carboxylic acids is 5. The van der Waals surface area contributed by atoms with Crippen LogP contribution in [0.25, 0.3) is 6.08 Å². The number of amides is 4. The van der Waals surface area contributed by atoms with E-state index in [1.54, 1.807) is 18.2 Å². The molecule has 14 heteroatoms. The predicted octanol–water partition coefficient (Wildman–Crippen LogP) is 7.38. The Kier molecular flexibility index (Phi) is 12.7. The van der Waals surface area contributed by atoms with Crippen molar-refractivity contribution in [1.29, 1.82) is 0 Å². The van der Waals surface area contributed by atoms with E-state index in [0.29, 0.717) is 40.9 Å². The van der Waals surface area contributed by atoms with Crippen molar-refractivity contribution in [3.63, 3.8) is 0 Å². The number of halogens is 2. The molecule has 1 heterocycles. The highest BCUT2D eigenvalue weighted by molar-refractivity contribution is 9.10. The number of imide groups is 1. The van der Waals surface area contributed by atoms with Gasteiger partial charge in [-0.2, -0.15) is 0 Å². The summed E-state index contributed by atoms with van der Waals surface area (Å²) in [6, 6.07) is 12.9. The molecule has 48 heavy (non-hydrogen) atoms. The Morgan fingerprint density at radius 2 is 1.73 bits per heavy atom. The molecule has 0 atom stereocenters. The van der Waals surface area contributed by atoms with E-state index in [0.717, 1.165) is 26.9 Å². The first-order valence-corrected chi connectivity index (χ1v) is 16.8. The normalized spacial score (nSPS) is 13.5. The van der Waals surface area contributed by atoms with Gasteiger partial charge in [-0.25, -0.2) is 4.79 Å². The zero-order valence-corrected chi connectivity index (χ0v) is 29.8. The predicted molar refractivity (Wildman–Crippen MR) is 189 cm³/mol. The van der Waals surface area contributed by atoms with Gasteiger partial charge in [0.1, 0.15) is 6.54 Å². The van der Waals surface area contributed by atoms with Gasteiger partial charge in [0.25, 0.3) is 17.1 Å². The van der Waals surface area contributed by atoms with E-state index < -0.39 is 29.6 Å². The number of anilines is 2. The third-order valence-electron chi connectivity index (χ3n) is 7.08. The average molecular weight is 759 g/mol. The van der Waals surface area contributed by atoms with Crippen LogP contribution in [0.4, 0.5) is 16.2 Å². The Morgan fingerprint density at radius 3 is 2.46 bits per heavy atom. The smallest absolute Gasteiger partial charge is 0.339 e. The number of benzene rings is 3. The maximum atomic E-state index is 13.1. The van der Waals surface area contributed by atoms with Crippen molar-refractivity contribution in [2.45, 2.75) is 33.6 Å². The monoisotopic (exact) mass is 757 g/mol. The van der Waals surface area contributed by atoms with E-state index in [4.69, 9.17) is 25.8 Å². The summed E-state index contributed by atoms with van der Waals surface area (Å²) in [7, 11) is 1.43. The Labute approximate surface area is 295 Å². The van der Waals surface area contributed by atoms with Crippen LogP contribution < -0.4 is 20.1 Å². The van der Waals surface area contributed by atoms with E-state index in [-0.39, 0.29) is 40.3 Å². The number of ether oxygens (including phenoxy) is 3. The van der Waals surface area contributed by atoms with Crippen molar-refractivity contribution in [1.82, 2.24) is 4.90 Å². The van der Waals surface area contributed by atoms with Crippen LogP contribution in [0.3, 0.4) is 0 Å². The van der Waals surface area contributed by atoms with Crippen LogP contribution in [-0.2, 0) is 19.1 Å². The van der Waals surface area contributed by atoms with Crippen LogP contribution in [0.2, 0.25) is 5.02 Å². The second-order valence-corrected chi connectivity index (χ2v) is 12.9. The molecule has 0 radical (unpaired) electrons. The molecule has 0 bridgehead atoms. The molecule has 1 saturated heterocycles. The molecule has 4 rings (SSSR count). The first kappa shape index (κ1) is 36.5. The zero-order valence-electron chi connectivity index (χ0n) is 26.6. The van der Waals surface area contributed by atoms with Crippen LogP contribution in [0.1, 0.15) is 46.8 Å². The summed E-state index contributed by atoms with van der Waals surface area (Å²) in [6.45, 7) is 5.31. The number of aryl methyl sites for hydroxylation is 2. The van der Waals surface area contributed by atoms with Crippen molar-refractivity contribution >= 4 is 85.7 Å². The molecule has 1 aliphatic rings. The van der Waals surface area contributed by atoms with E-state index >= 15 is 0 Å². The lowest BCUT2D eigenvalue weighted by Gasteiger charge is -2.14. The second-order valence-electron chi connectivity index (χ2n) is 10.7. The van der Waals surface area contributed by atoms with Crippen molar-refractivity contribution < 1.29 is 38.2 Å². The molecule has 0 spiro atoms. The van der Waals surface area contributed by atoms with Crippen molar-refractivity contribution in [3.8, 4) is 11.5 Å². The third kappa shape index (κ3) is 9.39. The molecular formula is C34H33BrClN3O8S. The lowest BCUT2D eigenvalue weighted by atomic mass is 10.1. The van der Waals surface area contributed by atoms with Crippen molar-refractivity contribution in [2.24, 2.45) is 0 Å². The molecule has 0 saturated carbocycles. The lowest BCUT2D eigenvalue weighted by molar-refractivity contribution is -0.127. The summed E-state index contributed by atoms with van der Waals surface area (Å²) in [5, 5.41) is 4.94. The quantitative estimate of drug-likeness (QED) is 0.104. The van der Waals surface area contributed by atoms with E-state index in [2.05, 4.69) is 26.6 Å². The van der Waals surface area contributed by atoms with Gasteiger partial charge in [-0.15, -0.1) is 0 Å². The molecule has 2 N–H and O–H groups in total. The minimum absolute atomic E-state index is 0.0837. The minimum atomic E-state index is -0.650. The van der Waals surface area contributed by atoms with Crippen LogP contribution in [0, 0.1) is 13.8 Å². The van der Waals surface area contributed by atoms with Gasteiger partial charge in [-0.1, -0.05) is 31.0 Å². The van der Waals surface area contributed by atoms with Gasteiger partial charge in [0, 0.05) is 10.2 Å². The Balaban J connectivity index is 1.37. The summed E-state index contributed by atoms with van der Waals surface area (Å²) in [4.78, 5) is 64.4. The highest BCUT2D eigenvalue weighted by Gasteiger charge is 2.36. The number of esters is 1. The third-order valence-corrected chi connectivity index (χ3v) is 8.97. The summed E-state index contributed by atoms with van der Waals surface area (Å²) in [5.41, 5.74) is 3.60. The molecule has 3 aromatic carbocycles. The number of thioether (sulfide) groups is 1. The highest BCUT2D eigenvalue weighted by atomic mass is 79.9. The molecule has 0 aromatic heterocycles. The van der Waals surface area contributed by atoms with Crippen LogP contribution in [-0.4, -0.2) is 60.7 Å². The summed E-state index contributed by atoms with van der Waals surface area (Å²) < 4.78 is 17.1. The second kappa shape index (κ2) is 16.7. The number of methoxy groups -OCH3 is 1. The Bertz CT molecular complexity index is 1800. The van der Waals surface area contributed by atoms with E-state index in [1.807, 2.05) is 32.9 Å². The summed E-state index contributed by atoms with van der Waals surface area (Å²) >= 11 is 10.3. The molecule has 1 fully saturated rings. The zero-order chi connectivity index (χ0) is 35.0. The van der Waals surface area contributed by atoms with Crippen LogP contribution in [0.15, 0.2) is 57.9 Å². The minimum Gasteiger partial charge on any atom is -0.493 e. The maximum absolute atomic E-state index is 13.1. The van der Waals surface area contributed by atoms with Crippen LogP contribution >= 0.6 is 39.3 Å². The van der Waals surface area contributed by atoms with Gasteiger partial charge in [-0.05, 0) is 113 Å². The van der Waals surface area contributed by atoms with Gasteiger partial charge in [0.05, 0.1) is 34.9 Å². The molecule has 11 nitrogen and oxygen atoms in total. The molecule has 3 aromatic rings. The van der Waals surface area contributed by atoms with E-state index in [1.165, 1.54) is 31.4 Å². The molecule has 4 amide bonds. The molecule has 252 valence electrons. The van der Waals surface area contributed by atoms with Gasteiger partial charge < -0.3 is 24.8 Å². The number of hydrogen-bond donors (Lipinski definition) is 2. The Morgan fingerprint density at radius 1 is 0.979 bits per heavy atom. The van der Waals surface area contributed by atoms with Gasteiger partial charge in [0.2, 0.25) is 5.91 Å². The van der Waals surface area contributed by atoms with Gasteiger partial charge in [-0.3, -0.25) is 24.1 Å². The van der Waals surface area contributed by atoms with Crippen molar-refractivity contribution in [3.05, 3.63) is 85.2 Å². The first-order chi connectivity index (χ1) is 22.9. The largest absolute Gasteiger partial charge is 0.493 e. The van der Waals surface area contributed by atoms with Crippen molar-refractivity contribution in [2.75, 3.05) is 37.5 Å². The lowest BCUT2D eigenvalue weighted by Crippen LogP contribution is -2.36. The molecule has 1 aliphatic heterocycles. The summed E-state index contributed by atoms with van der Waals surface area (Å²) in [6.07, 6.45) is 3.05. The first-order valence-electron chi connectivity index (χ1n) is 14.8. The summed E-state index contributed by atoms with van der Waals surface area (Å²) in [5.74, 6) is -1.69. The highest BCUT2D eigenvalue weighted by Crippen LogP contribution is 2.35. The van der Waals surface area contributed by atoms with Crippen LogP contribution in [0.5, 0.6) is 11.5 Å². The molecule has 0 unspecified atom stereocenters. The number of unbranched alkanes of at least 4 members (excludes halogenated alkanes) is 1. The standard InChI is InChI=1S/C34H33BrClN3O8S/c1-5-6-11-46-33(43)23-16-22(8-9-25(23)36)37-30(40)17-39-32(42)29(48-34(39)44)15-21-7-10-27(28(14-21)45-4)47-18-31(41)38-26-13-20(3)19(2)12-24(26)35/h7-10,12-16H,5-6,11,17-18H2,1-4H3,(H,37,40)(H,38,41)/b29-15+. The molecular weight excluding hydrogens is 726 g/mol.